The molecule has 0 aliphatic rings. The Morgan fingerprint density at radius 2 is 1.93 bits per heavy atom. The van der Waals surface area contributed by atoms with E-state index in [1.807, 2.05) is 37.3 Å². The molecule has 0 aliphatic heterocycles. The van der Waals surface area contributed by atoms with Gasteiger partial charge in [-0.1, -0.05) is 42.5 Å². The Hall–Kier alpha value is -2.20. The molecule has 0 heterocycles. The Labute approximate surface area is 176 Å². The van der Waals surface area contributed by atoms with E-state index in [0.717, 1.165) is 11.1 Å². The van der Waals surface area contributed by atoms with Crippen LogP contribution in [0.1, 0.15) is 30.6 Å². The molecule has 0 saturated heterocycles. The average molecular weight is 484 g/mol. The molecule has 0 amide bonds. The van der Waals surface area contributed by atoms with Crippen LogP contribution in [0.2, 0.25) is 0 Å². The van der Waals surface area contributed by atoms with Gasteiger partial charge in [0.2, 0.25) is 0 Å². The Bertz CT molecular complexity index is 741. The van der Waals surface area contributed by atoms with Gasteiger partial charge < -0.3 is 15.7 Å². The summed E-state index contributed by atoms with van der Waals surface area (Å²) < 4.78 is 0. The highest BCUT2D eigenvalue weighted by Gasteiger charge is 2.08. The Kier molecular flexibility index (Phi) is 10.3. The first-order valence-corrected chi connectivity index (χ1v) is 8.58. The Morgan fingerprint density at radius 3 is 2.59 bits per heavy atom. The number of rotatable bonds is 8. The minimum Gasteiger partial charge on any atom is -0.388 e. The zero-order chi connectivity index (χ0) is 18.8. The van der Waals surface area contributed by atoms with Crippen molar-refractivity contribution < 1.29 is 10.0 Å². The fourth-order valence-electron chi connectivity index (χ4n) is 2.45. The monoisotopic (exact) mass is 484 g/mol. The highest BCUT2D eigenvalue weighted by Crippen LogP contribution is 2.15. The van der Waals surface area contributed by atoms with Crippen LogP contribution in [0.25, 0.3) is 0 Å². The van der Waals surface area contributed by atoms with Gasteiger partial charge in [-0.3, -0.25) is 10.1 Å². The summed E-state index contributed by atoms with van der Waals surface area (Å²) >= 11 is 0. The predicted molar refractivity (Wildman–Crippen MR) is 117 cm³/mol. The smallest absolute Gasteiger partial charge is 0.269 e. The molecule has 2 rings (SSSR count). The zero-order valence-electron chi connectivity index (χ0n) is 15.2. The second kappa shape index (κ2) is 12.2. The van der Waals surface area contributed by atoms with E-state index in [2.05, 4.69) is 15.6 Å². The summed E-state index contributed by atoms with van der Waals surface area (Å²) in [5, 5.41) is 27.3. The van der Waals surface area contributed by atoms with Gasteiger partial charge in [0.1, 0.15) is 0 Å². The van der Waals surface area contributed by atoms with Crippen LogP contribution in [0.5, 0.6) is 0 Å². The third kappa shape index (κ3) is 7.92. The maximum atomic E-state index is 10.8. The van der Waals surface area contributed by atoms with Gasteiger partial charge >= 0.3 is 0 Å². The number of nitro benzene ring substituents is 1. The van der Waals surface area contributed by atoms with E-state index < -0.39 is 11.0 Å². The third-order valence-electron chi connectivity index (χ3n) is 3.78. The highest BCUT2D eigenvalue weighted by atomic mass is 127. The van der Waals surface area contributed by atoms with Crippen LogP contribution in [-0.2, 0) is 6.54 Å². The summed E-state index contributed by atoms with van der Waals surface area (Å²) in [5.41, 5.74) is 1.70. The largest absolute Gasteiger partial charge is 0.388 e. The number of aliphatic imine (C=N–C) groups is 1. The SMILES string of the molecule is CCNC(=NCc1cccc([N+](=O)[O-])c1)NCCC(O)c1ccccc1.I. The van der Waals surface area contributed by atoms with Crippen LogP contribution in [0.4, 0.5) is 5.69 Å². The molecule has 27 heavy (non-hydrogen) atoms. The molecule has 0 bridgehead atoms. The topological polar surface area (TPSA) is 99.8 Å². The molecule has 0 fully saturated rings. The van der Waals surface area contributed by atoms with E-state index >= 15 is 0 Å². The molecular weight excluding hydrogens is 459 g/mol. The van der Waals surface area contributed by atoms with Crippen molar-refractivity contribution in [3.8, 4) is 0 Å². The van der Waals surface area contributed by atoms with E-state index in [0.29, 0.717) is 32.0 Å². The summed E-state index contributed by atoms with van der Waals surface area (Å²) in [6.45, 7) is 3.54. The molecule has 0 radical (unpaired) electrons. The number of aliphatic hydroxyl groups excluding tert-OH is 1. The molecule has 146 valence electrons. The second-order valence-electron chi connectivity index (χ2n) is 5.76. The van der Waals surface area contributed by atoms with E-state index in [4.69, 9.17) is 0 Å². The predicted octanol–water partition coefficient (Wildman–Crippen LogP) is 3.39. The van der Waals surface area contributed by atoms with Gasteiger partial charge in [-0.25, -0.2) is 4.99 Å². The molecule has 7 nitrogen and oxygen atoms in total. The molecule has 3 N–H and O–H groups in total. The van der Waals surface area contributed by atoms with Gasteiger partial charge in [0.25, 0.3) is 5.69 Å². The van der Waals surface area contributed by atoms with Crippen molar-refractivity contribution in [1.29, 1.82) is 0 Å². The van der Waals surface area contributed by atoms with E-state index in [9.17, 15) is 15.2 Å². The first kappa shape index (κ1) is 22.8. The Balaban J connectivity index is 0.00000364. The number of nitrogens with zero attached hydrogens (tertiary/aromatic N) is 2. The molecule has 8 heteroatoms. The molecule has 0 aliphatic carbocycles. The van der Waals surface area contributed by atoms with Crippen LogP contribution in [-0.4, -0.2) is 29.1 Å². The van der Waals surface area contributed by atoms with Gasteiger partial charge in [0.05, 0.1) is 17.6 Å². The molecule has 0 aromatic heterocycles. The normalized spacial score (nSPS) is 12.0. The van der Waals surface area contributed by atoms with Crippen LogP contribution < -0.4 is 10.6 Å². The lowest BCUT2D eigenvalue weighted by atomic mass is 10.1. The highest BCUT2D eigenvalue weighted by molar-refractivity contribution is 14.0. The molecule has 2 aromatic carbocycles. The maximum Gasteiger partial charge on any atom is 0.269 e. The maximum absolute atomic E-state index is 10.8. The van der Waals surface area contributed by atoms with Crippen LogP contribution >= 0.6 is 24.0 Å². The van der Waals surface area contributed by atoms with Gasteiger partial charge in [-0.15, -0.1) is 24.0 Å². The molecule has 2 aromatic rings. The number of halogens is 1. The minimum atomic E-state index is -0.539. The van der Waals surface area contributed by atoms with Gasteiger partial charge in [-0.2, -0.15) is 0 Å². The summed E-state index contributed by atoms with van der Waals surface area (Å²) in [7, 11) is 0. The molecular formula is C19H25IN4O3. The summed E-state index contributed by atoms with van der Waals surface area (Å²) in [6, 6.07) is 15.9. The molecule has 1 unspecified atom stereocenters. The standard InChI is InChI=1S/C19H24N4O3.HI/c1-2-20-19(21-12-11-18(24)16-8-4-3-5-9-16)22-14-15-7-6-10-17(13-15)23(25)26;/h3-10,13,18,24H,2,11-12,14H2,1H3,(H2,20,21,22);1H. The summed E-state index contributed by atoms with van der Waals surface area (Å²) in [5.74, 6) is 0.610. The van der Waals surface area contributed by atoms with E-state index in [1.165, 1.54) is 12.1 Å². The number of nitrogens with one attached hydrogen (secondary N) is 2. The van der Waals surface area contributed by atoms with Crippen LogP contribution in [0.3, 0.4) is 0 Å². The average Bonchev–Trinajstić information content (AvgIpc) is 2.67. The lowest BCUT2D eigenvalue weighted by molar-refractivity contribution is -0.384. The van der Waals surface area contributed by atoms with Crippen molar-refractivity contribution in [3.63, 3.8) is 0 Å². The van der Waals surface area contributed by atoms with Crippen molar-refractivity contribution in [2.45, 2.75) is 26.0 Å². The number of benzene rings is 2. The number of hydrogen-bond acceptors (Lipinski definition) is 4. The summed E-state index contributed by atoms with van der Waals surface area (Å²) in [6.07, 6.45) is 0.00830. The Morgan fingerprint density at radius 1 is 1.19 bits per heavy atom. The number of hydrogen-bond donors (Lipinski definition) is 3. The lowest BCUT2D eigenvalue weighted by Crippen LogP contribution is -2.38. The van der Waals surface area contributed by atoms with Gasteiger partial charge in [-0.05, 0) is 24.5 Å². The van der Waals surface area contributed by atoms with Gasteiger partial charge in [0, 0.05) is 25.2 Å². The van der Waals surface area contributed by atoms with E-state index in [1.54, 1.807) is 12.1 Å². The first-order valence-electron chi connectivity index (χ1n) is 8.58. The quantitative estimate of drug-likeness (QED) is 0.175. The van der Waals surface area contributed by atoms with Crippen LogP contribution in [0, 0.1) is 10.1 Å². The van der Waals surface area contributed by atoms with E-state index in [-0.39, 0.29) is 29.7 Å². The van der Waals surface area contributed by atoms with Crippen molar-refractivity contribution in [2.75, 3.05) is 13.1 Å². The van der Waals surface area contributed by atoms with Crippen molar-refractivity contribution >= 4 is 35.6 Å². The molecule has 0 saturated carbocycles. The molecule has 0 spiro atoms. The number of aliphatic hydroxyl groups is 1. The number of non-ortho nitro benzene ring substituents is 1. The van der Waals surface area contributed by atoms with Crippen molar-refractivity contribution in [1.82, 2.24) is 10.6 Å². The van der Waals surface area contributed by atoms with Crippen LogP contribution in [0.15, 0.2) is 59.6 Å². The number of guanidine groups is 1. The molecule has 1 atom stereocenters. The zero-order valence-corrected chi connectivity index (χ0v) is 17.5. The minimum absolute atomic E-state index is 0. The fourth-order valence-corrected chi connectivity index (χ4v) is 2.45. The third-order valence-corrected chi connectivity index (χ3v) is 3.78. The lowest BCUT2D eigenvalue weighted by Gasteiger charge is -2.14. The van der Waals surface area contributed by atoms with Crippen molar-refractivity contribution in [3.05, 3.63) is 75.8 Å². The summed E-state index contributed by atoms with van der Waals surface area (Å²) in [4.78, 5) is 14.9. The fraction of sp³-hybridized carbons (Fsp3) is 0.316. The second-order valence-corrected chi connectivity index (χ2v) is 5.76. The van der Waals surface area contributed by atoms with Gasteiger partial charge in [0.15, 0.2) is 5.96 Å². The first-order chi connectivity index (χ1) is 12.6. The number of nitro groups is 1. The van der Waals surface area contributed by atoms with Crippen molar-refractivity contribution in [2.24, 2.45) is 4.99 Å².